The fourth-order valence-corrected chi connectivity index (χ4v) is 3.33. The Bertz CT molecular complexity index is 1040. The monoisotopic (exact) mass is 492 g/mol. The number of benzene rings is 2. The van der Waals surface area contributed by atoms with Crippen LogP contribution in [-0.4, -0.2) is 46.0 Å². The molecule has 34 heavy (non-hydrogen) atoms. The summed E-state index contributed by atoms with van der Waals surface area (Å²) in [6, 6.07) is 9.29. The number of carbonyl (C=O) groups excluding carboxylic acids is 2. The molecule has 0 saturated heterocycles. The van der Waals surface area contributed by atoms with Gasteiger partial charge < -0.3 is 20.8 Å². The van der Waals surface area contributed by atoms with Crippen LogP contribution in [0.2, 0.25) is 5.02 Å². The van der Waals surface area contributed by atoms with Crippen molar-refractivity contribution < 1.29 is 33.8 Å². The largest absolute Gasteiger partial charge is 0.481 e. The third-order valence-electron chi connectivity index (χ3n) is 5.37. The highest BCUT2D eigenvalue weighted by molar-refractivity contribution is 6.30. The van der Waals surface area contributed by atoms with Gasteiger partial charge in [0, 0.05) is 17.9 Å². The van der Waals surface area contributed by atoms with E-state index in [2.05, 4.69) is 10.6 Å². The van der Waals surface area contributed by atoms with Gasteiger partial charge in [-0.05, 0) is 55.7 Å². The summed E-state index contributed by atoms with van der Waals surface area (Å²) in [6.07, 6.45) is -0.834. The molecule has 0 unspecified atom stereocenters. The van der Waals surface area contributed by atoms with E-state index in [9.17, 15) is 28.7 Å². The summed E-state index contributed by atoms with van der Waals surface area (Å²) < 4.78 is 13.3. The first-order valence-electron chi connectivity index (χ1n) is 10.5. The molecule has 0 spiro atoms. The van der Waals surface area contributed by atoms with E-state index in [1.807, 2.05) is 0 Å². The summed E-state index contributed by atoms with van der Waals surface area (Å²) in [5, 5.41) is 23.7. The van der Waals surface area contributed by atoms with Crippen molar-refractivity contribution in [3.05, 3.63) is 70.5 Å². The zero-order valence-electron chi connectivity index (χ0n) is 18.7. The number of nitrogens with one attached hydrogen (secondary N) is 2. The quantitative estimate of drug-likeness (QED) is 0.381. The zero-order valence-corrected chi connectivity index (χ0v) is 19.4. The summed E-state index contributed by atoms with van der Waals surface area (Å²) in [7, 11) is 0. The number of hydrogen-bond acceptors (Lipinski definition) is 4. The van der Waals surface area contributed by atoms with Gasteiger partial charge in [-0.15, -0.1) is 0 Å². The zero-order chi connectivity index (χ0) is 25.5. The van der Waals surface area contributed by atoms with E-state index in [4.69, 9.17) is 16.7 Å². The second-order valence-electron chi connectivity index (χ2n) is 8.32. The minimum absolute atomic E-state index is 0.0418. The van der Waals surface area contributed by atoms with Crippen LogP contribution in [0.4, 0.5) is 4.39 Å². The molecule has 0 aliphatic carbocycles. The van der Waals surface area contributed by atoms with Gasteiger partial charge in [0.05, 0.1) is 5.41 Å². The van der Waals surface area contributed by atoms with Crippen molar-refractivity contribution >= 4 is 35.4 Å². The van der Waals surface area contributed by atoms with Crippen molar-refractivity contribution in [1.82, 2.24) is 10.6 Å². The van der Waals surface area contributed by atoms with Gasteiger partial charge in [0.2, 0.25) is 11.8 Å². The molecule has 2 aromatic rings. The van der Waals surface area contributed by atoms with E-state index in [0.29, 0.717) is 16.1 Å². The Kier molecular flexibility index (Phi) is 9.14. The molecule has 0 radical (unpaired) electrons. The average Bonchev–Trinajstić information content (AvgIpc) is 2.77. The van der Waals surface area contributed by atoms with E-state index in [-0.39, 0.29) is 12.8 Å². The van der Waals surface area contributed by atoms with Crippen molar-refractivity contribution in [2.75, 3.05) is 0 Å². The normalized spacial score (nSPS) is 12.9. The molecule has 0 fully saturated rings. The molecule has 0 saturated carbocycles. The maximum atomic E-state index is 13.3. The molecule has 0 heterocycles. The number of carboxylic acids is 2. The highest BCUT2D eigenvalue weighted by Crippen LogP contribution is 2.25. The van der Waals surface area contributed by atoms with E-state index >= 15 is 0 Å². The molecule has 2 atom stereocenters. The van der Waals surface area contributed by atoms with Crippen molar-refractivity contribution in [2.45, 2.75) is 50.6 Å². The lowest BCUT2D eigenvalue weighted by atomic mass is 9.83. The Balaban J connectivity index is 2.27. The van der Waals surface area contributed by atoms with Crippen molar-refractivity contribution in [3.63, 3.8) is 0 Å². The van der Waals surface area contributed by atoms with Gasteiger partial charge in [0.25, 0.3) is 0 Å². The van der Waals surface area contributed by atoms with Gasteiger partial charge in [-0.1, -0.05) is 35.9 Å². The Labute approximate surface area is 201 Å². The van der Waals surface area contributed by atoms with Crippen molar-refractivity contribution in [3.8, 4) is 0 Å². The number of carbonyl (C=O) groups is 4. The van der Waals surface area contributed by atoms with Gasteiger partial charge in [0.1, 0.15) is 17.9 Å². The number of rotatable bonds is 11. The van der Waals surface area contributed by atoms with Gasteiger partial charge >= 0.3 is 11.9 Å². The molecule has 2 amide bonds. The smallest absolute Gasteiger partial charge is 0.326 e. The maximum absolute atomic E-state index is 13.3. The number of halogens is 2. The molecule has 0 aromatic heterocycles. The molecule has 0 aliphatic heterocycles. The third kappa shape index (κ3) is 7.55. The lowest BCUT2D eigenvalue weighted by Crippen LogP contribution is -2.55. The Morgan fingerprint density at radius 3 is 2.06 bits per heavy atom. The number of aliphatic carboxylic acids is 2. The number of carboxylic acid groups (broad SMARTS) is 2. The molecule has 4 N–H and O–H groups in total. The molecular weight excluding hydrogens is 467 g/mol. The summed E-state index contributed by atoms with van der Waals surface area (Å²) in [4.78, 5) is 48.5. The topological polar surface area (TPSA) is 133 Å². The van der Waals surface area contributed by atoms with Crippen LogP contribution >= 0.6 is 11.6 Å². The Morgan fingerprint density at radius 2 is 1.53 bits per heavy atom. The predicted octanol–water partition coefficient (Wildman–Crippen LogP) is 2.92. The van der Waals surface area contributed by atoms with Gasteiger partial charge in [-0.2, -0.15) is 0 Å². The lowest BCUT2D eigenvalue weighted by molar-refractivity contribution is -0.143. The van der Waals surface area contributed by atoms with E-state index in [0.717, 1.165) is 0 Å². The average molecular weight is 493 g/mol. The third-order valence-corrected chi connectivity index (χ3v) is 5.62. The first-order valence-corrected chi connectivity index (χ1v) is 10.8. The maximum Gasteiger partial charge on any atom is 0.326 e. The SMILES string of the molecule is CC(C)(C(=O)N[C@@H](Cc1ccc(F)cc1)C(=O)N[C@H](CCC(=O)O)C(=O)O)c1ccc(Cl)cc1. The minimum Gasteiger partial charge on any atom is -0.481 e. The second kappa shape index (κ2) is 11.6. The van der Waals surface area contributed by atoms with Crippen LogP contribution in [0, 0.1) is 5.82 Å². The fraction of sp³-hybridized carbons (Fsp3) is 0.333. The molecule has 10 heteroatoms. The van der Waals surface area contributed by atoms with E-state index in [1.165, 1.54) is 24.3 Å². The summed E-state index contributed by atoms with van der Waals surface area (Å²) in [5.74, 6) is -4.39. The number of hydrogen-bond donors (Lipinski definition) is 4. The van der Waals surface area contributed by atoms with Crippen LogP contribution in [0.1, 0.15) is 37.8 Å². The molecule has 0 bridgehead atoms. The molecule has 182 valence electrons. The highest BCUT2D eigenvalue weighted by atomic mass is 35.5. The highest BCUT2D eigenvalue weighted by Gasteiger charge is 2.34. The van der Waals surface area contributed by atoms with Crippen LogP contribution in [0.25, 0.3) is 0 Å². The summed E-state index contributed by atoms with van der Waals surface area (Å²) >= 11 is 5.92. The Morgan fingerprint density at radius 1 is 0.941 bits per heavy atom. The fourth-order valence-electron chi connectivity index (χ4n) is 3.20. The minimum atomic E-state index is -1.46. The van der Waals surface area contributed by atoms with Crippen LogP contribution in [0.15, 0.2) is 48.5 Å². The summed E-state index contributed by atoms with van der Waals surface area (Å²) in [6.45, 7) is 3.32. The predicted molar refractivity (Wildman–Crippen MR) is 123 cm³/mol. The van der Waals surface area contributed by atoms with Crippen molar-refractivity contribution in [2.24, 2.45) is 0 Å². The summed E-state index contributed by atoms with van der Waals surface area (Å²) in [5.41, 5.74) is 0.102. The Hall–Kier alpha value is -3.46. The molecular formula is C24H26ClFN2O6. The van der Waals surface area contributed by atoms with E-state index < -0.39 is 53.5 Å². The van der Waals surface area contributed by atoms with Crippen LogP contribution < -0.4 is 10.6 Å². The lowest BCUT2D eigenvalue weighted by Gasteiger charge is -2.28. The standard InChI is InChI=1S/C24H26ClFN2O6/c1-24(2,15-5-7-16(25)8-6-15)23(34)28-19(13-14-3-9-17(26)10-4-14)21(31)27-18(22(32)33)11-12-20(29)30/h3-10,18-19H,11-13H2,1-2H3,(H,27,31)(H,28,34)(H,29,30)(H,32,33)/t18-,19+/m1/s1. The van der Waals surface area contributed by atoms with Gasteiger partial charge in [-0.25, -0.2) is 9.18 Å². The van der Waals surface area contributed by atoms with Crippen LogP contribution in [0.5, 0.6) is 0 Å². The molecule has 0 aliphatic rings. The van der Waals surface area contributed by atoms with E-state index in [1.54, 1.807) is 38.1 Å². The molecule has 2 aromatic carbocycles. The van der Waals surface area contributed by atoms with Gasteiger partial charge in [0.15, 0.2) is 0 Å². The number of amides is 2. The molecule has 8 nitrogen and oxygen atoms in total. The van der Waals surface area contributed by atoms with Crippen LogP contribution in [0.3, 0.4) is 0 Å². The van der Waals surface area contributed by atoms with Gasteiger partial charge in [-0.3, -0.25) is 14.4 Å². The molecule has 2 rings (SSSR count). The van der Waals surface area contributed by atoms with Crippen molar-refractivity contribution in [1.29, 1.82) is 0 Å². The first kappa shape index (κ1) is 26.8. The first-order chi connectivity index (χ1) is 15.9. The van der Waals surface area contributed by atoms with Crippen LogP contribution in [-0.2, 0) is 31.0 Å². The second-order valence-corrected chi connectivity index (χ2v) is 8.76.